The summed E-state index contributed by atoms with van der Waals surface area (Å²) in [6, 6.07) is 8.53. The summed E-state index contributed by atoms with van der Waals surface area (Å²) in [5.74, 6) is -0.944. The van der Waals surface area contributed by atoms with Gasteiger partial charge in [-0.1, -0.05) is 11.6 Å². The van der Waals surface area contributed by atoms with Gasteiger partial charge in [-0.15, -0.1) is 0 Å². The van der Waals surface area contributed by atoms with Gasteiger partial charge in [0.05, 0.1) is 16.3 Å². The van der Waals surface area contributed by atoms with Gasteiger partial charge in [0.25, 0.3) is 5.91 Å². The standard InChI is InChI=1S/C14H9ClFN3O/c1-19(13-5-3-11(16)6-9(13)7-17)14(20)12-4-2-10(15)8-18-12/h2-6,8H,1H3. The fourth-order valence-electron chi connectivity index (χ4n) is 1.67. The molecule has 1 aromatic carbocycles. The van der Waals surface area contributed by atoms with E-state index in [4.69, 9.17) is 16.9 Å². The van der Waals surface area contributed by atoms with Gasteiger partial charge in [-0.3, -0.25) is 4.79 Å². The molecule has 2 aromatic rings. The molecule has 0 aliphatic heterocycles. The van der Waals surface area contributed by atoms with Crippen molar-refractivity contribution in [3.05, 3.63) is 58.6 Å². The van der Waals surface area contributed by atoms with E-state index in [9.17, 15) is 9.18 Å². The topological polar surface area (TPSA) is 57.0 Å². The average Bonchev–Trinajstić information content (AvgIpc) is 2.46. The third-order valence-electron chi connectivity index (χ3n) is 2.69. The molecule has 0 unspecified atom stereocenters. The Bertz CT molecular complexity index is 695. The Morgan fingerprint density at radius 2 is 2.15 bits per heavy atom. The van der Waals surface area contributed by atoms with Crippen molar-refractivity contribution in [2.24, 2.45) is 0 Å². The van der Waals surface area contributed by atoms with Crippen molar-refractivity contribution >= 4 is 23.2 Å². The van der Waals surface area contributed by atoms with E-state index in [1.54, 1.807) is 6.07 Å². The number of hydrogen-bond acceptors (Lipinski definition) is 3. The molecule has 0 spiro atoms. The van der Waals surface area contributed by atoms with Gasteiger partial charge in [0.2, 0.25) is 0 Å². The molecule has 1 heterocycles. The molecule has 0 N–H and O–H groups in total. The number of carbonyl (C=O) groups excluding carboxylic acids is 1. The number of amides is 1. The highest BCUT2D eigenvalue weighted by atomic mass is 35.5. The molecule has 0 aliphatic rings. The van der Waals surface area contributed by atoms with E-state index >= 15 is 0 Å². The minimum Gasteiger partial charge on any atom is -0.309 e. The molecule has 100 valence electrons. The summed E-state index contributed by atoms with van der Waals surface area (Å²) in [5, 5.41) is 9.41. The lowest BCUT2D eigenvalue weighted by molar-refractivity contribution is 0.0988. The predicted molar refractivity (Wildman–Crippen MR) is 73.1 cm³/mol. The van der Waals surface area contributed by atoms with E-state index in [-0.39, 0.29) is 11.3 Å². The lowest BCUT2D eigenvalue weighted by atomic mass is 10.1. The number of hydrogen-bond donors (Lipinski definition) is 0. The molecule has 2 rings (SSSR count). The summed E-state index contributed by atoms with van der Waals surface area (Å²) in [4.78, 5) is 17.4. The number of aromatic nitrogens is 1. The summed E-state index contributed by atoms with van der Waals surface area (Å²) >= 11 is 5.71. The predicted octanol–water partition coefficient (Wildman–Crippen LogP) is 3.02. The first-order valence-electron chi connectivity index (χ1n) is 5.62. The van der Waals surface area contributed by atoms with Crippen LogP contribution in [0, 0.1) is 17.1 Å². The maximum atomic E-state index is 13.1. The van der Waals surface area contributed by atoms with E-state index < -0.39 is 11.7 Å². The van der Waals surface area contributed by atoms with Crippen LogP contribution in [0.4, 0.5) is 10.1 Å². The quantitative estimate of drug-likeness (QED) is 0.854. The lowest BCUT2D eigenvalue weighted by Gasteiger charge is -2.18. The van der Waals surface area contributed by atoms with E-state index in [1.807, 2.05) is 6.07 Å². The number of rotatable bonds is 2. The normalized spacial score (nSPS) is 9.90. The summed E-state index contributed by atoms with van der Waals surface area (Å²) in [6.45, 7) is 0. The van der Waals surface area contributed by atoms with E-state index in [2.05, 4.69) is 4.98 Å². The summed E-state index contributed by atoms with van der Waals surface area (Å²) in [5.41, 5.74) is 0.579. The van der Waals surface area contributed by atoms with Gasteiger partial charge >= 0.3 is 0 Å². The molecule has 0 bridgehead atoms. The smallest absolute Gasteiger partial charge is 0.276 e. The minimum absolute atomic E-state index is 0.0785. The lowest BCUT2D eigenvalue weighted by Crippen LogP contribution is -2.27. The Kier molecular flexibility index (Phi) is 3.97. The van der Waals surface area contributed by atoms with Gasteiger partial charge in [0.1, 0.15) is 17.6 Å². The molecule has 0 aliphatic carbocycles. The Hall–Kier alpha value is -2.45. The molecule has 1 aromatic heterocycles. The molecule has 0 atom stereocenters. The largest absolute Gasteiger partial charge is 0.309 e. The zero-order valence-corrected chi connectivity index (χ0v) is 11.2. The number of carbonyl (C=O) groups is 1. The number of halogens is 2. The summed E-state index contributed by atoms with van der Waals surface area (Å²) in [6.07, 6.45) is 1.36. The van der Waals surface area contributed by atoms with E-state index in [1.165, 1.54) is 36.3 Å². The summed E-state index contributed by atoms with van der Waals surface area (Å²) in [7, 11) is 1.49. The zero-order valence-electron chi connectivity index (χ0n) is 10.5. The number of anilines is 1. The molecule has 20 heavy (non-hydrogen) atoms. The SMILES string of the molecule is CN(C(=O)c1ccc(Cl)cn1)c1ccc(F)cc1C#N. The van der Waals surface area contributed by atoms with Crippen LogP contribution < -0.4 is 4.90 Å². The van der Waals surface area contributed by atoms with Gasteiger partial charge in [-0.25, -0.2) is 9.37 Å². The van der Waals surface area contributed by atoms with Gasteiger partial charge in [0, 0.05) is 13.2 Å². The Balaban J connectivity index is 2.36. The van der Waals surface area contributed by atoms with Crippen LogP contribution in [0.15, 0.2) is 36.5 Å². The second kappa shape index (κ2) is 5.68. The minimum atomic E-state index is -0.532. The molecule has 0 saturated carbocycles. The molecule has 0 saturated heterocycles. The molecule has 6 heteroatoms. The van der Waals surface area contributed by atoms with Crippen molar-refractivity contribution < 1.29 is 9.18 Å². The van der Waals surface area contributed by atoms with Gasteiger partial charge in [-0.05, 0) is 30.3 Å². The average molecular weight is 290 g/mol. The molecule has 1 amide bonds. The molecular formula is C14H9ClFN3O. The third-order valence-corrected chi connectivity index (χ3v) is 2.92. The van der Waals surface area contributed by atoms with Crippen molar-refractivity contribution in [3.63, 3.8) is 0 Å². The fourth-order valence-corrected chi connectivity index (χ4v) is 1.79. The van der Waals surface area contributed by atoms with Crippen molar-refractivity contribution in [2.75, 3.05) is 11.9 Å². The first-order chi connectivity index (χ1) is 9.52. The third kappa shape index (κ3) is 2.76. The van der Waals surface area contributed by atoms with Crippen LogP contribution >= 0.6 is 11.6 Å². The number of benzene rings is 1. The van der Waals surface area contributed by atoms with Crippen LogP contribution in [0.25, 0.3) is 0 Å². The maximum Gasteiger partial charge on any atom is 0.276 e. The first-order valence-corrected chi connectivity index (χ1v) is 6.00. The zero-order chi connectivity index (χ0) is 14.7. The molecular weight excluding hydrogens is 281 g/mol. The van der Waals surface area contributed by atoms with Crippen molar-refractivity contribution in [2.45, 2.75) is 0 Å². The van der Waals surface area contributed by atoms with Crippen molar-refractivity contribution in [1.82, 2.24) is 4.98 Å². The van der Waals surface area contributed by atoms with Gasteiger partial charge < -0.3 is 4.90 Å². The monoisotopic (exact) mass is 289 g/mol. The number of pyridine rings is 1. The van der Waals surface area contributed by atoms with Gasteiger partial charge in [0.15, 0.2) is 0 Å². The van der Waals surface area contributed by atoms with Crippen LogP contribution in [-0.4, -0.2) is 17.9 Å². The number of nitrogens with zero attached hydrogens (tertiary/aromatic N) is 3. The van der Waals surface area contributed by atoms with E-state index in [0.717, 1.165) is 6.07 Å². The maximum absolute atomic E-state index is 13.1. The van der Waals surface area contributed by atoms with E-state index in [0.29, 0.717) is 10.7 Å². The van der Waals surface area contributed by atoms with Crippen LogP contribution in [0.3, 0.4) is 0 Å². The Morgan fingerprint density at radius 3 is 2.75 bits per heavy atom. The number of nitriles is 1. The Morgan fingerprint density at radius 1 is 1.40 bits per heavy atom. The fraction of sp³-hybridized carbons (Fsp3) is 0.0714. The molecule has 0 radical (unpaired) electrons. The van der Waals surface area contributed by atoms with Crippen LogP contribution in [0.5, 0.6) is 0 Å². The first kappa shape index (κ1) is 14.0. The Labute approximate surface area is 120 Å². The highest BCUT2D eigenvalue weighted by Crippen LogP contribution is 2.21. The molecule has 4 nitrogen and oxygen atoms in total. The second-order valence-corrected chi connectivity index (χ2v) is 4.44. The van der Waals surface area contributed by atoms with Crippen LogP contribution in [0.1, 0.15) is 16.1 Å². The highest BCUT2D eigenvalue weighted by Gasteiger charge is 2.18. The summed E-state index contributed by atoms with van der Waals surface area (Å²) < 4.78 is 13.1. The van der Waals surface area contributed by atoms with Crippen LogP contribution in [0.2, 0.25) is 5.02 Å². The van der Waals surface area contributed by atoms with Crippen molar-refractivity contribution in [1.29, 1.82) is 5.26 Å². The second-order valence-electron chi connectivity index (χ2n) is 4.00. The highest BCUT2D eigenvalue weighted by molar-refractivity contribution is 6.30. The van der Waals surface area contributed by atoms with Crippen LogP contribution in [-0.2, 0) is 0 Å². The van der Waals surface area contributed by atoms with Crippen molar-refractivity contribution in [3.8, 4) is 6.07 Å². The molecule has 0 fully saturated rings. The van der Waals surface area contributed by atoms with Gasteiger partial charge in [-0.2, -0.15) is 5.26 Å².